The monoisotopic (exact) mass is 519 g/mol. The molecular formula is C29H45NO7. The molecule has 6 atom stereocenters. The topological polar surface area (TPSA) is 142 Å². The summed E-state index contributed by atoms with van der Waals surface area (Å²) in [5.74, 6) is -1.02. The zero-order valence-corrected chi connectivity index (χ0v) is 22.1. The fourth-order valence-corrected chi connectivity index (χ4v) is 4.79. The highest BCUT2D eigenvalue weighted by molar-refractivity contribution is 5.76. The molecule has 8 heteroatoms. The van der Waals surface area contributed by atoms with E-state index in [2.05, 4.69) is 6.92 Å². The van der Waals surface area contributed by atoms with E-state index >= 15 is 0 Å². The van der Waals surface area contributed by atoms with Gasteiger partial charge in [-0.25, -0.2) is 0 Å². The number of amides is 1. The van der Waals surface area contributed by atoms with Crippen molar-refractivity contribution in [2.45, 2.75) is 95.7 Å². The average Bonchev–Trinajstić information content (AvgIpc) is 3.13. The van der Waals surface area contributed by atoms with Crippen LogP contribution in [0.15, 0.2) is 42.5 Å². The molecule has 1 unspecified atom stereocenters. The van der Waals surface area contributed by atoms with E-state index in [4.69, 9.17) is 0 Å². The highest BCUT2D eigenvalue weighted by Gasteiger charge is 2.39. The van der Waals surface area contributed by atoms with E-state index in [1.165, 1.54) is 24.1 Å². The van der Waals surface area contributed by atoms with Crippen LogP contribution < -0.4 is 0 Å². The van der Waals surface area contributed by atoms with Gasteiger partial charge >= 0.3 is 0 Å². The number of phenols is 2. The summed E-state index contributed by atoms with van der Waals surface area (Å²) in [4.78, 5) is 13.7. The Balaban J connectivity index is 1.74. The second kappa shape index (κ2) is 15.8. The minimum atomic E-state index is -1.04. The molecule has 6 N–H and O–H groups in total. The van der Waals surface area contributed by atoms with Gasteiger partial charge in [0.2, 0.25) is 5.91 Å². The largest absolute Gasteiger partial charge is 0.504 e. The Labute approximate surface area is 220 Å². The molecule has 1 amide bonds. The maximum Gasteiger partial charge on any atom is 0.224 e. The third kappa shape index (κ3) is 10.1. The zero-order valence-electron chi connectivity index (χ0n) is 22.1. The van der Waals surface area contributed by atoms with Crippen molar-refractivity contribution in [1.82, 2.24) is 4.90 Å². The van der Waals surface area contributed by atoms with Gasteiger partial charge < -0.3 is 35.5 Å². The molecule has 37 heavy (non-hydrogen) atoms. The molecule has 0 heterocycles. The number of likely N-dealkylation sites (N-methyl/N-ethyl adjacent to an activating group) is 1. The smallest absolute Gasteiger partial charge is 0.224 e. The number of phenolic OH excluding ortho intramolecular Hbond substituents is 2. The number of nitrogens with zero attached hydrogens (tertiary/aromatic N) is 1. The standard InChI is InChI=1S/C29H45NO7/c1-3-4-7-10-21(31)14-15-23-22(25(33)19-26(23)34)11-8-5-6-9-12-28(36)30(2)29(37)18-20-13-16-24(32)27(35)17-20/h5,8,13-17,21-23,25-26,29,31-35,37H,3-4,6-7,9-12,18-19H2,1-2H3/t21-,22+,23+,25-,26+,29?/m0/s1. The average molecular weight is 520 g/mol. The van der Waals surface area contributed by atoms with E-state index in [1.807, 2.05) is 18.2 Å². The Hall–Kier alpha value is -2.39. The van der Waals surface area contributed by atoms with Crippen molar-refractivity contribution in [3.8, 4) is 11.5 Å². The maximum absolute atomic E-state index is 12.4. The Morgan fingerprint density at radius 2 is 1.84 bits per heavy atom. The molecule has 1 aromatic rings. The van der Waals surface area contributed by atoms with Crippen LogP contribution in [-0.4, -0.2) is 73.0 Å². The second-order valence-electron chi connectivity index (χ2n) is 10.2. The Morgan fingerprint density at radius 3 is 2.54 bits per heavy atom. The van der Waals surface area contributed by atoms with Gasteiger partial charge in [-0.3, -0.25) is 4.79 Å². The number of hydrogen-bond donors (Lipinski definition) is 6. The van der Waals surface area contributed by atoms with Crippen LogP contribution in [0.1, 0.15) is 70.3 Å². The van der Waals surface area contributed by atoms with Crippen LogP contribution in [0.25, 0.3) is 0 Å². The van der Waals surface area contributed by atoms with Gasteiger partial charge in [0.05, 0.1) is 18.3 Å². The van der Waals surface area contributed by atoms with Gasteiger partial charge in [-0.15, -0.1) is 0 Å². The number of rotatable bonds is 15. The van der Waals surface area contributed by atoms with Crippen molar-refractivity contribution in [1.29, 1.82) is 0 Å². The summed E-state index contributed by atoms with van der Waals surface area (Å²) >= 11 is 0. The molecular weight excluding hydrogens is 474 g/mol. The number of benzene rings is 1. The van der Waals surface area contributed by atoms with Crippen molar-refractivity contribution >= 4 is 5.91 Å². The predicted octanol–water partition coefficient (Wildman–Crippen LogP) is 3.39. The number of unbranched alkanes of at least 4 members (excludes halogenated alkanes) is 3. The molecule has 0 aromatic heterocycles. The van der Waals surface area contributed by atoms with E-state index in [0.717, 1.165) is 19.3 Å². The minimum absolute atomic E-state index is 0.118. The van der Waals surface area contributed by atoms with E-state index in [1.54, 1.807) is 12.1 Å². The molecule has 1 aliphatic carbocycles. The minimum Gasteiger partial charge on any atom is -0.504 e. The molecule has 0 saturated heterocycles. The molecule has 208 valence electrons. The summed E-state index contributed by atoms with van der Waals surface area (Å²) in [7, 11) is 1.53. The molecule has 1 saturated carbocycles. The van der Waals surface area contributed by atoms with Crippen molar-refractivity contribution < 1.29 is 35.4 Å². The molecule has 1 aliphatic rings. The molecule has 0 spiro atoms. The van der Waals surface area contributed by atoms with Gasteiger partial charge in [-0.2, -0.15) is 0 Å². The third-order valence-electron chi connectivity index (χ3n) is 7.21. The predicted molar refractivity (Wildman–Crippen MR) is 143 cm³/mol. The van der Waals surface area contributed by atoms with Crippen LogP contribution in [0.5, 0.6) is 11.5 Å². The molecule has 8 nitrogen and oxygen atoms in total. The fourth-order valence-electron chi connectivity index (χ4n) is 4.79. The quantitative estimate of drug-likeness (QED) is 0.0903. The number of aromatic hydroxyl groups is 2. The summed E-state index contributed by atoms with van der Waals surface area (Å²) in [6.07, 6.45) is 11.2. The van der Waals surface area contributed by atoms with Crippen LogP contribution >= 0.6 is 0 Å². The first-order chi connectivity index (χ1) is 17.6. The fraction of sp³-hybridized carbons (Fsp3) is 0.621. The second-order valence-corrected chi connectivity index (χ2v) is 10.2. The van der Waals surface area contributed by atoms with Gasteiger partial charge in [0.1, 0.15) is 6.23 Å². The van der Waals surface area contributed by atoms with Crippen LogP contribution in [0.4, 0.5) is 0 Å². The molecule has 0 radical (unpaired) electrons. The SMILES string of the molecule is CCCCC[C@H](O)C=C[C@@H]1[C@@H](CC=CCCCC(=O)N(C)C(O)Cc2ccc(O)c(O)c2)[C@@H](O)C[C@H]1O. The summed E-state index contributed by atoms with van der Waals surface area (Å²) in [5.41, 5.74) is 0.601. The van der Waals surface area contributed by atoms with E-state index < -0.39 is 24.5 Å². The molecule has 1 fully saturated rings. The van der Waals surface area contributed by atoms with E-state index in [9.17, 15) is 35.4 Å². The third-order valence-corrected chi connectivity index (χ3v) is 7.21. The van der Waals surface area contributed by atoms with E-state index in [0.29, 0.717) is 37.7 Å². The summed E-state index contributed by atoms with van der Waals surface area (Å²) in [6, 6.07) is 4.28. The zero-order chi connectivity index (χ0) is 27.4. The van der Waals surface area contributed by atoms with Crippen molar-refractivity contribution in [2.75, 3.05) is 7.05 Å². The number of allylic oxidation sites excluding steroid dienone is 2. The van der Waals surface area contributed by atoms with Gasteiger partial charge in [-0.1, -0.05) is 56.6 Å². The lowest BCUT2D eigenvalue weighted by Gasteiger charge is -2.24. The summed E-state index contributed by atoms with van der Waals surface area (Å²) in [6.45, 7) is 2.12. The first-order valence-electron chi connectivity index (χ1n) is 13.5. The summed E-state index contributed by atoms with van der Waals surface area (Å²) < 4.78 is 0. The highest BCUT2D eigenvalue weighted by Crippen LogP contribution is 2.36. The Bertz CT molecular complexity index is 887. The molecule has 2 rings (SSSR count). The van der Waals surface area contributed by atoms with E-state index in [-0.39, 0.29) is 42.1 Å². The number of carbonyl (C=O) groups excluding carboxylic acids is 1. The highest BCUT2D eigenvalue weighted by atomic mass is 16.3. The number of hydrogen-bond acceptors (Lipinski definition) is 7. The first kappa shape index (κ1) is 30.8. The Kier molecular flexibility index (Phi) is 13.1. The normalized spacial score (nSPS) is 23.6. The van der Waals surface area contributed by atoms with Crippen molar-refractivity contribution in [2.24, 2.45) is 11.8 Å². The lowest BCUT2D eigenvalue weighted by molar-refractivity contribution is -0.138. The van der Waals surface area contributed by atoms with Gasteiger partial charge in [-0.05, 0) is 49.3 Å². The molecule has 0 aliphatic heterocycles. The maximum atomic E-state index is 12.4. The van der Waals surface area contributed by atoms with Crippen molar-refractivity contribution in [3.63, 3.8) is 0 Å². The first-order valence-corrected chi connectivity index (χ1v) is 13.5. The lowest BCUT2D eigenvalue weighted by atomic mass is 9.89. The molecule has 0 bridgehead atoms. The number of aliphatic hydroxyl groups excluding tert-OH is 4. The lowest BCUT2D eigenvalue weighted by Crippen LogP contribution is -2.38. The van der Waals surface area contributed by atoms with Gasteiger partial charge in [0.15, 0.2) is 11.5 Å². The number of aliphatic hydroxyl groups is 4. The van der Waals surface area contributed by atoms with Gasteiger partial charge in [0, 0.05) is 32.2 Å². The van der Waals surface area contributed by atoms with Crippen LogP contribution in [0.2, 0.25) is 0 Å². The van der Waals surface area contributed by atoms with Gasteiger partial charge in [0.25, 0.3) is 0 Å². The van der Waals surface area contributed by atoms with Crippen LogP contribution in [0.3, 0.4) is 0 Å². The van der Waals surface area contributed by atoms with Crippen LogP contribution in [-0.2, 0) is 11.2 Å². The molecule has 1 aromatic carbocycles. The van der Waals surface area contributed by atoms with Crippen molar-refractivity contribution in [3.05, 3.63) is 48.1 Å². The number of carbonyl (C=O) groups is 1. The van der Waals surface area contributed by atoms with Crippen LogP contribution in [0, 0.1) is 11.8 Å². The Morgan fingerprint density at radius 1 is 1.08 bits per heavy atom. The summed E-state index contributed by atoms with van der Waals surface area (Å²) in [5, 5.41) is 60.2.